The molecule has 0 unspecified atom stereocenters. The van der Waals surface area contributed by atoms with Crippen LogP contribution in [0.15, 0.2) is 18.3 Å². The Balaban J connectivity index is 2.74. The molecule has 0 saturated heterocycles. The van der Waals surface area contributed by atoms with E-state index < -0.39 is 0 Å². The van der Waals surface area contributed by atoms with Crippen molar-refractivity contribution in [1.29, 1.82) is 0 Å². The van der Waals surface area contributed by atoms with Gasteiger partial charge in [0.2, 0.25) is 0 Å². The molecule has 0 amide bonds. The number of hydrogen-bond acceptors (Lipinski definition) is 3. The number of rotatable bonds is 5. The predicted octanol–water partition coefficient (Wildman–Crippen LogP) is 1.72. The van der Waals surface area contributed by atoms with Gasteiger partial charge in [0.25, 0.3) is 0 Å². The van der Waals surface area contributed by atoms with Crippen LogP contribution in [-0.2, 0) is 0 Å². The monoisotopic (exact) mass is 227 g/mol. The molecule has 0 radical (unpaired) electrons. The minimum Gasteiger partial charge on any atom is -0.393 e. The molecule has 0 aliphatic carbocycles. The molecular formula is C10H14FN3S. The lowest BCUT2D eigenvalue weighted by atomic mass is 10.3. The lowest BCUT2D eigenvalue weighted by Crippen LogP contribution is -2.28. The molecule has 1 heterocycles. The third-order valence-corrected chi connectivity index (χ3v) is 2.25. The quantitative estimate of drug-likeness (QED) is 0.778. The van der Waals surface area contributed by atoms with Gasteiger partial charge in [0.1, 0.15) is 0 Å². The van der Waals surface area contributed by atoms with Crippen LogP contribution in [0.3, 0.4) is 0 Å². The highest BCUT2D eigenvalue weighted by Gasteiger charge is 2.10. The number of thiocarbonyl (C=S) groups is 1. The number of halogens is 1. The van der Waals surface area contributed by atoms with Crippen molar-refractivity contribution < 1.29 is 4.39 Å². The molecule has 2 N–H and O–H groups in total. The summed E-state index contributed by atoms with van der Waals surface area (Å²) in [6, 6.07) is 2.96. The van der Waals surface area contributed by atoms with E-state index in [1.165, 1.54) is 6.07 Å². The Kier molecular flexibility index (Phi) is 4.42. The second-order valence-corrected chi connectivity index (χ2v) is 3.63. The van der Waals surface area contributed by atoms with Crippen LogP contribution < -0.4 is 10.6 Å². The average Bonchev–Trinajstić information content (AvgIpc) is 2.21. The summed E-state index contributed by atoms with van der Waals surface area (Å²) in [4.78, 5) is 6.24. The zero-order valence-electron chi connectivity index (χ0n) is 8.61. The van der Waals surface area contributed by atoms with Crippen LogP contribution in [0.5, 0.6) is 0 Å². The number of nitrogens with zero attached hydrogens (tertiary/aromatic N) is 2. The molecule has 3 nitrogen and oxygen atoms in total. The van der Waals surface area contributed by atoms with Crippen LogP contribution in [0.1, 0.15) is 13.3 Å². The van der Waals surface area contributed by atoms with E-state index >= 15 is 0 Å². The summed E-state index contributed by atoms with van der Waals surface area (Å²) in [5.74, 6) is 0.0403. The summed E-state index contributed by atoms with van der Waals surface area (Å²) in [6.45, 7) is 3.21. The van der Waals surface area contributed by atoms with E-state index in [9.17, 15) is 4.39 Å². The van der Waals surface area contributed by atoms with Crippen molar-refractivity contribution in [1.82, 2.24) is 4.98 Å². The van der Waals surface area contributed by atoms with E-state index in [0.29, 0.717) is 30.3 Å². The van der Waals surface area contributed by atoms with Gasteiger partial charge in [-0.05, 0) is 19.1 Å². The van der Waals surface area contributed by atoms with Gasteiger partial charge in [0.05, 0.1) is 4.99 Å². The second kappa shape index (κ2) is 5.60. The van der Waals surface area contributed by atoms with Crippen molar-refractivity contribution in [2.45, 2.75) is 13.3 Å². The van der Waals surface area contributed by atoms with Gasteiger partial charge < -0.3 is 10.6 Å². The molecule has 0 fully saturated rings. The van der Waals surface area contributed by atoms with Crippen molar-refractivity contribution in [3.8, 4) is 0 Å². The summed E-state index contributed by atoms with van der Waals surface area (Å²) < 4.78 is 13.4. The number of aromatic nitrogens is 1. The second-order valence-electron chi connectivity index (χ2n) is 3.10. The maximum atomic E-state index is 13.4. The zero-order chi connectivity index (χ0) is 11.3. The van der Waals surface area contributed by atoms with E-state index in [0.717, 1.165) is 0 Å². The molecule has 0 saturated carbocycles. The number of nitrogens with two attached hydrogens (primary N) is 1. The van der Waals surface area contributed by atoms with Crippen LogP contribution in [0, 0.1) is 5.82 Å². The van der Waals surface area contributed by atoms with Gasteiger partial charge in [-0.2, -0.15) is 0 Å². The minimum atomic E-state index is -0.317. The SMILES string of the molecule is CCN(CCC(N)=S)c1ncccc1F. The predicted molar refractivity (Wildman–Crippen MR) is 63.5 cm³/mol. The standard InChI is InChI=1S/C10H14FN3S/c1-2-14(7-5-9(12)15)10-8(11)4-3-6-13-10/h3-4,6H,2,5,7H2,1H3,(H2,12,15). The van der Waals surface area contributed by atoms with Crippen molar-refractivity contribution in [2.24, 2.45) is 5.73 Å². The van der Waals surface area contributed by atoms with Gasteiger partial charge in [-0.3, -0.25) is 0 Å². The van der Waals surface area contributed by atoms with Gasteiger partial charge in [-0.15, -0.1) is 0 Å². The zero-order valence-corrected chi connectivity index (χ0v) is 9.43. The molecule has 0 aromatic carbocycles. The molecule has 5 heteroatoms. The first kappa shape index (κ1) is 11.8. The molecule has 1 aromatic rings. The summed E-state index contributed by atoms with van der Waals surface area (Å²) in [7, 11) is 0. The first-order valence-electron chi connectivity index (χ1n) is 4.79. The Labute approximate surface area is 94.1 Å². The normalized spacial score (nSPS) is 10.0. The Hall–Kier alpha value is -1.23. The van der Waals surface area contributed by atoms with Crippen LogP contribution in [0.4, 0.5) is 10.2 Å². The van der Waals surface area contributed by atoms with E-state index in [1.807, 2.05) is 11.8 Å². The molecule has 15 heavy (non-hydrogen) atoms. The fourth-order valence-electron chi connectivity index (χ4n) is 1.27. The van der Waals surface area contributed by atoms with Gasteiger partial charge >= 0.3 is 0 Å². The van der Waals surface area contributed by atoms with Crippen LogP contribution >= 0.6 is 12.2 Å². The van der Waals surface area contributed by atoms with Gasteiger partial charge in [-0.25, -0.2) is 9.37 Å². The van der Waals surface area contributed by atoms with E-state index in [2.05, 4.69) is 4.98 Å². The fraction of sp³-hybridized carbons (Fsp3) is 0.400. The largest absolute Gasteiger partial charge is 0.393 e. The molecule has 0 spiro atoms. The Bertz CT molecular complexity index is 343. The van der Waals surface area contributed by atoms with Crippen molar-refractivity contribution >= 4 is 23.0 Å². The number of anilines is 1. The van der Waals surface area contributed by atoms with Crippen molar-refractivity contribution in [3.63, 3.8) is 0 Å². The Morgan fingerprint density at radius 2 is 2.40 bits per heavy atom. The third-order valence-electron chi connectivity index (χ3n) is 2.05. The van der Waals surface area contributed by atoms with Crippen LogP contribution in [0.2, 0.25) is 0 Å². The van der Waals surface area contributed by atoms with E-state index in [1.54, 1.807) is 12.3 Å². The first-order valence-corrected chi connectivity index (χ1v) is 5.19. The van der Waals surface area contributed by atoms with Crippen LogP contribution in [0.25, 0.3) is 0 Å². The lowest BCUT2D eigenvalue weighted by molar-refractivity contribution is 0.611. The molecular weight excluding hydrogens is 213 g/mol. The van der Waals surface area contributed by atoms with Gasteiger partial charge in [0, 0.05) is 25.7 Å². The van der Waals surface area contributed by atoms with E-state index in [-0.39, 0.29) is 5.82 Å². The Morgan fingerprint density at radius 3 is 2.93 bits per heavy atom. The molecule has 1 rings (SSSR count). The highest BCUT2D eigenvalue weighted by atomic mass is 32.1. The molecule has 0 aliphatic heterocycles. The van der Waals surface area contributed by atoms with Gasteiger partial charge in [0.15, 0.2) is 11.6 Å². The topological polar surface area (TPSA) is 42.1 Å². The summed E-state index contributed by atoms with van der Waals surface area (Å²) in [5.41, 5.74) is 5.40. The average molecular weight is 227 g/mol. The molecule has 0 bridgehead atoms. The maximum Gasteiger partial charge on any atom is 0.165 e. The van der Waals surface area contributed by atoms with Crippen LogP contribution in [-0.4, -0.2) is 23.1 Å². The van der Waals surface area contributed by atoms with E-state index in [4.69, 9.17) is 18.0 Å². The van der Waals surface area contributed by atoms with Crippen molar-refractivity contribution in [2.75, 3.05) is 18.0 Å². The maximum absolute atomic E-state index is 13.4. The number of hydrogen-bond donors (Lipinski definition) is 1. The third kappa shape index (κ3) is 3.43. The summed E-state index contributed by atoms with van der Waals surface area (Å²) in [6.07, 6.45) is 2.14. The first-order chi connectivity index (χ1) is 7.15. The highest BCUT2D eigenvalue weighted by Crippen LogP contribution is 2.14. The molecule has 0 atom stereocenters. The smallest absolute Gasteiger partial charge is 0.165 e. The Morgan fingerprint density at radius 1 is 1.67 bits per heavy atom. The molecule has 82 valence electrons. The minimum absolute atomic E-state index is 0.317. The highest BCUT2D eigenvalue weighted by molar-refractivity contribution is 7.80. The van der Waals surface area contributed by atoms with Gasteiger partial charge in [-0.1, -0.05) is 12.2 Å². The summed E-state index contributed by atoms with van der Waals surface area (Å²) >= 11 is 4.78. The fourth-order valence-corrected chi connectivity index (χ4v) is 1.36. The molecule has 0 aliphatic rings. The summed E-state index contributed by atoms with van der Waals surface area (Å²) in [5, 5.41) is 0. The van der Waals surface area contributed by atoms with Crippen molar-refractivity contribution in [3.05, 3.63) is 24.1 Å². The number of pyridine rings is 1. The lowest BCUT2D eigenvalue weighted by Gasteiger charge is -2.21. The molecule has 1 aromatic heterocycles.